The van der Waals surface area contributed by atoms with Crippen molar-refractivity contribution in [1.29, 1.82) is 0 Å². The zero-order chi connectivity index (χ0) is 13.0. The van der Waals surface area contributed by atoms with Crippen molar-refractivity contribution in [2.75, 3.05) is 0 Å². The van der Waals surface area contributed by atoms with Gasteiger partial charge in [-0.2, -0.15) is 0 Å². The van der Waals surface area contributed by atoms with Gasteiger partial charge in [-0.05, 0) is 52.6 Å². The van der Waals surface area contributed by atoms with Crippen LogP contribution in [0, 0.1) is 0 Å². The lowest BCUT2D eigenvalue weighted by Crippen LogP contribution is -2.47. The van der Waals surface area contributed by atoms with Crippen molar-refractivity contribution in [2.45, 2.75) is 78.2 Å². The Balaban J connectivity index is 4.33. The van der Waals surface area contributed by atoms with E-state index in [0.29, 0.717) is 0 Å². The van der Waals surface area contributed by atoms with Crippen LogP contribution in [-0.4, -0.2) is 22.4 Å². The van der Waals surface area contributed by atoms with E-state index in [0.717, 1.165) is 0 Å². The van der Waals surface area contributed by atoms with Crippen LogP contribution in [0.25, 0.3) is 0 Å². The lowest BCUT2D eigenvalue weighted by Gasteiger charge is -2.39. The third-order valence-electron chi connectivity index (χ3n) is 2.21. The molecule has 16 heavy (non-hydrogen) atoms. The Morgan fingerprint density at radius 1 is 0.938 bits per heavy atom. The average molecular weight is 263 g/mol. The van der Waals surface area contributed by atoms with Crippen LogP contribution in [0.1, 0.15) is 33.6 Å². The summed E-state index contributed by atoms with van der Waals surface area (Å²) < 4.78 is 12.3. The number of unbranched alkanes of at least 4 members (excludes halogenated alkanes) is 1. The molecule has 4 heteroatoms. The highest BCUT2D eigenvalue weighted by atomic mass is 28.4. The normalized spacial score (nSPS) is 14.2. The second-order valence-corrected chi connectivity index (χ2v) is 15.2. The minimum Gasteiger partial charge on any atom is -0.392 e. The number of hydrogen-bond donors (Lipinski definition) is 0. The molecule has 0 aliphatic rings. The molecule has 0 radical (unpaired) electrons. The summed E-state index contributed by atoms with van der Waals surface area (Å²) in [6.07, 6.45) is 2.51. The van der Waals surface area contributed by atoms with Gasteiger partial charge in [0.2, 0.25) is 0 Å². The van der Waals surface area contributed by atoms with Gasteiger partial charge in [0.15, 0.2) is 16.6 Å². The molecule has 0 saturated heterocycles. The van der Waals surface area contributed by atoms with Crippen LogP contribution < -0.4 is 0 Å². The highest BCUT2D eigenvalue weighted by molar-refractivity contribution is 6.71. The number of hydrogen-bond acceptors (Lipinski definition) is 2. The van der Waals surface area contributed by atoms with Crippen molar-refractivity contribution in [1.82, 2.24) is 0 Å². The van der Waals surface area contributed by atoms with E-state index in [1.807, 2.05) is 0 Å². The molecule has 2 nitrogen and oxygen atoms in total. The summed E-state index contributed by atoms with van der Waals surface area (Å²) in [6.45, 7) is 17.6. The molecule has 0 aliphatic heterocycles. The lowest BCUT2D eigenvalue weighted by atomic mass is 10.4. The van der Waals surface area contributed by atoms with Gasteiger partial charge in [0.1, 0.15) is 5.79 Å². The molecule has 0 heterocycles. The van der Waals surface area contributed by atoms with Crippen LogP contribution in [0.4, 0.5) is 0 Å². The van der Waals surface area contributed by atoms with Gasteiger partial charge in [0.25, 0.3) is 0 Å². The van der Waals surface area contributed by atoms with E-state index < -0.39 is 22.4 Å². The van der Waals surface area contributed by atoms with Gasteiger partial charge in [-0.15, -0.1) is 0 Å². The van der Waals surface area contributed by atoms with Crippen molar-refractivity contribution in [3.8, 4) is 0 Å². The Kier molecular flexibility index (Phi) is 5.93. The fourth-order valence-electron chi connectivity index (χ4n) is 2.08. The van der Waals surface area contributed by atoms with Gasteiger partial charge < -0.3 is 8.85 Å². The Bertz CT molecular complexity index is 208. The largest absolute Gasteiger partial charge is 0.392 e. The van der Waals surface area contributed by atoms with E-state index in [-0.39, 0.29) is 0 Å². The number of rotatable bonds is 7. The molecule has 0 rings (SSSR count). The molecule has 0 bridgehead atoms. The van der Waals surface area contributed by atoms with Gasteiger partial charge in [-0.1, -0.05) is 19.8 Å². The molecule has 0 saturated carbocycles. The van der Waals surface area contributed by atoms with E-state index in [1.165, 1.54) is 18.9 Å². The van der Waals surface area contributed by atoms with Gasteiger partial charge in [0, 0.05) is 0 Å². The van der Waals surface area contributed by atoms with E-state index in [2.05, 4.69) is 53.5 Å². The Morgan fingerprint density at radius 3 is 1.81 bits per heavy atom. The van der Waals surface area contributed by atoms with Gasteiger partial charge in [-0.3, -0.25) is 0 Å². The van der Waals surface area contributed by atoms with Crippen molar-refractivity contribution < 1.29 is 8.85 Å². The zero-order valence-electron chi connectivity index (χ0n) is 12.4. The summed E-state index contributed by atoms with van der Waals surface area (Å²) in [5, 5.41) is 0. The molecule has 0 N–H and O–H groups in total. The SMILES string of the molecule is CCCC[Si](C)(C)OC(C)(C)O[Si](C)(C)C. The monoisotopic (exact) mass is 262 g/mol. The molecule has 0 atom stereocenters. The van der Waals surface area contributed by atoms with Crippen LogP contribution in [-0.2, 0) is 8.85 Å². The predicted octanol–water partition coefficient (Wildman–Crippen LogP) is 4.60. The highest BCUT2D eigenvalue weighted by Crippen LogP contribution is 2.26. The predicted molar refractivity (Wildman–Crippen MR) is 76.8 cm³/mol. The van der Waals surface area contributed by atoms with Gasteiger partial charge in [-0.25, -0.2) is 0 Å². The molecule has 0 aromatic rings. The molecule has 0 aliphatic carbocycles. The maximum Gasteiger partial charge on any atom is 0.190 e. The summed E-state index contributed by atoms with van der Waals surface area (Å²) in [7, 11) is -3.09. The molecule has 0 spiro atoms. The minimum atomic E-state index is -1.56. The van der Waals surface area contributed by atoms with Crippen LogP contribution in [0.2, 0.25) is 38.8 Å². The van der Waals surface area contributed by atoms with E-state index in [4.69, 9.17) is 8.85 Å². The Morgan fingerprint density at radius 2 is 1.44 bits per heavy atom. The van der Waals surface area contributed by atoms with Crippen molar-refractivity contribution in [3.63, 3.8) is 0 Å². The third-order valence-corrected chi connectivity index (χ3v) is 5.91. The van der Waals surface area contributed by atoms with E-state index >= 15 is 0 Å². The van der Waals surface area contributed by atoms with Crippen molar-refractivity contribution in [2.24, 2.45) is 0 Å². The first-order chi connectivity index (χ1) is 6.97. The second-order valence-electron chi connectivity index (χ2n) is 6.58. The first-order valence-electron chi connectivity index (χ1n) is 6.38. The lowest BCUT2D eigenvalue weighted by molar-refractivity contribution is -0.0954. The van der Waals surface area contributed by atoms with Crippen LogP contribution in [0.3, 0.4) is 0 Å². The minimum absolute atomic E-state index is 0.409. The quantitative estimate of drug-likeness (QED) is 0.493. The molecule has 0 fully saturated rings. The standard InChI is InChI=1S/C12H30O2Si2/c1-9-10-11-16(7,8)14-12(2,3)13-15(4,5)6/h9-11H2,1-8H3. The first kappa shape index (κ1) is 16.4. The molecule has 0 amide bonds. The van der Waals surface area contributed by atoms with E-state index in [9.17, 15) is 0 Å². The Hall–Kier alpha value is 0.354. The topological polar surface area (TPSA) is 18.5 Å². The summed E-state index contributed by atoms with van der Waals surface area (Å²) in [5.74, 6) is -0.409. The van der Waals surface area contributed by atoms with Gasteiger partial charge >= 0.3 is 0 Å². The second kappa shape index (κ2) is 5.80. The van der Waals surface area contributed by atoms with Crippen LogP contribution >= 0.6 is 0 Å². The maximum absolute atomic E-state index is 6.25. The van der Waals surface area contributed by atoms with Crippen LogP contribution in [0.15, 0.2) is 0 Å². The summed E-state index contributed by atoms with van der Waals surface area (Å²) in [6, 6.07) is 1.22. The zero-order valence-corrected chi connectivity index (χ0v) is 14.4. The Labute approximate surface area is 104 Å². The highest BCUT2D eigenvalue weighted by Gasteiger charge is 2.34. The fourth-order valence-corrected chi connectivity index (χ4v) is 6.36. The first-order valence-corrected chi connectivity index (χ1v) is 12.9. The molecule has 0 unspecified atom stereocenters. The summed E-state index contributed by atoms with van der Waals surface area (Å²) in [5.41, 5.74) is 0. The van der Waals surface area contributed by atoms with Crippen molar-refractivity contribution >= 4 is 16.6 Å². The van der Waals surface area contributed by atoms with Gasteiger partial charge in [0.05, 0.1) is 0 Å². The molecular formula is C12H30O2Si2. The summed E-state index contributed by atoms with van der Waals surface area (Å²) in [4.78, 5) is 0. The van der Waals surface area contributed by atoms with Crippen LogP contribution in [0.5, 0.6) is 0 Å². The van der Waals surface area contributed by atoms with E-state index in [1.54, 1.807) is 0 Å². The third kappa shape index (κ3) is 8.50. The molecular weight excluding hydrogens is 232 g/mol. The maximum atomic E-state index is 6.25. The molecule has 0 aromatic heterocycles. The molecule has 98 valence electrons. The molecule has 0 aromatic carbocycles. The average Bonchev–Trinajstić information content (AvgIpc) is 1.93. The fraction of sp³-hybridized carbons (Fsp3) is 1.00. The van der Waals surface area contributed by atoms with Crippen molar-refractivity contribution in [3.05, 3.63) is 0 Å². The summed E-state index contributed by atoms with van der Waals surface area (Å²) >= 11 is 0. The smallest absolute Gasteiger partial charge is 0.190 e.